The van der Waals surface area contributed by atoms with Crippen LogP contribution in [0.5, 0.6) is 5.75 Å². The lowest BCUT2D eigenvalue weighted by molar-refractivity contribution is 0.0322. The van der Waals surface area contributed by atoms with Gasteiger partial charge in [0.25, 0.3) is 11.5 Å². The average molecular weight is 487 g/mol. The Morgan fingerprint density at radius 1 is 1.06 bits per heavy atom. The molecule has 0 spiro atoms. The predicted octanol–water partition coefficient (Wildman–Crippen LogP) is 2.49. The zero-order valence-corrected chi connectivity index (χ0v) is 20.0. The van der Waals surface area contributed by atoms with Crippen molar-refractivity contribution in [1.82, 2.24) is 19.3 Å². The summed E-state index contributed by atoms with van der Waals surface area (Å²) >= 11 is 1.39. The first kappa shape index (κ1) is 24.7. The van der Waals surface area contributed by atoms with E-state index in [1.807, 2.05) is 29.2 Å². The first-order chi connectivity index (χ1) is 16.0. The molecule has 8 nitrogen and oxygen atoms in total. The molecule has 2 aliphatic heterocycles. The molecule has 0 N–H and O–H groups in total. The smallest absolute Gasteiger partial charge is 0.267 e. The number of rotatable bonds is 5. The van der Waals surface area contributed by atoms with Gasteiger partial charge in [0.05, 0.1) is 23.4 Å². The number of aromatic nitrogens is 1. The molecule has 2 saturated heterocycles. The number of likely N-dealkylation sites (N-methyl/N-ethyl adjacent to an activating group) is 1. The van der Waals surface area contributed by atoms with E-state index in [9.17, 15) is 9.59 Å². The van der Waals surface area contributed by atoms with Gasteiger partial charge in [-0.05, 0) is 13.1 Å². The van der Waals surface area contributed by atoms with Crippen molar-refractivity contribution in [3.8, 4) is 5.75 Å². The number of nitrogens with zero attached hydrogens (tertiary/aromatic N) is 4. The van der Waals surface area contributed by atoms with Gasteiger partial charge in [0.2, 0.25) is 0 Å². The van der Waals surface area contributed by atoms with Crippen molar-refractivity contribution in [3.63, 3.8) is 0 Å². The molecular formula is C25H34N4O4S. The number of carbonyl (C=O) groups excluding carboxylic acids is 1. The predicted molar refractivity (Wildman–Crippen MR) is 137 cm³/mol. The quantitative estimate of drug-likeness (QED) is 0.552. The van der Waals surface area contributed by atoms with Gasteiger partial charge in [0.1, 0.15) is 16.9 Å². The molecule has 184 valence electrons. The number of para-hydroxylation sites is 1. The van der Waals surface area contributed by atoms with Gasteiger partial charge < -0.3 is 23.8 Å². The Morgan fingerprint density at radius 2 is 1.76 bits per heavy atom. The van der Waals surface area contributed by atoms with E-state index in [0.717, 1.165) is 61.5 Å². The summed E-state index contributed by atoms with van der Waals surface area (Å²) in [5.41, 5.74) is 0.730. The highest BCUT2D eigenvalue weighted by atomic mass is 32.1. The molecular weight excluding hydrogens is 452 g/mol. The first-order valence-corrected chi connectivity index (χ1v) is 12.3. The summed E-state index contributed by atoms with van der Waals surface area (Å²) < 4.78 is 14.2. The molecule has 0 aliphatic carbocycles. The maximum absolute atomic E-state index is 13.6. The Hall–Kier alpha value is -2.46. The summed E-state index contributed by atoms with van der Waals surface area (Å²) in [6, 6.07) is 7.84. The van der Waals surface area contributed by atoms with E-state index in [0.29, 0.717) is 35.7 Å². The molecule has 2 fully saturated rings. The van der Waals surface area contributed by atoms with E-state index in [2.05, 4.69) is 16.8 Å². The molecule has 9 heteroatoms. The Bertz CT molecular complexity index is 1220. The SMILES string of the molecule is C.CN1CCN(C(=O)c2sc3c(c2OCCN2CCOCC2)c(=O)n(C)c2ccccc32)CC1. The van der Waals surface area contributed by atoms with Crippen molar-refractivity contribution in [1.29, 1.82) is 0 Å². The van der Waals surface area contributed by atoms with Crippen LogP contribution in [-0.2, 0) is 11.8 Å². The number of carbonyl (C=O) groups is 1. The largest absolute Gasteiger partial charge is 0.490 e. The van der Waals surface area contributed by atoms with E-state index in [1.165, 1.54) is 11.3 Å². The number of pyridine rings is 1. The minimum Gasteiger partial charge on any atom is -0.490 e. The fraction of sp³-hybridized carbons (Fsp3) is 0.520. The fourth-order valence-corrected chi connectivity index (χ4v) is 5.81. The van der Waals surface area contributed by atoms with E-state index < -0.39 is 0 Å². The summed E-state index contributed by atoms with van der Waals surface area (Å²) in [6.07, 6.45) is 0. The molecule has 34 heavy (non-hydrogen) atoms. The molecule has 0 radical (unpaired) electrons. The van der Waals surface area contributed by atoms with Crippen LogP contribution in [0.4, 0.5) is 0 Å². The standard InChI is InChI=1S/C24H30N4O4S.CH4/c1-25-7-9-28(10-8-25)24(30)22-20(32-16-13-27-11-14-31-15-12-27)19-21(33-22)17-5-3-4-6-18(17)26(2)23(19)29;/h3-6H,7-16H2,1-2H3;1H4. The number of fused-ring (bicyclic) bond motifs is 3. The average Bonchev–Trinajstić information content (AvgIpc) is 3.23. The fourth-order valence-electron chi connectivity index (χ4n) is 4.57. The van der Waals surface area contributed by atoms with Crippen LogP contribution < -0.4 is 10.3 Å². The van der Waals surface area contributed by atoms with Crippen molar-refractivity contribution in [3.05, 3.63) is 39.5 Å². The maximum Gasteiger partial charge on any atom is 0.267 e. The summed E-state index contributed by atoms with van der Waals surface area (Å²) in [5.74, 6) is 0.398. The second kappa shape index (κ2) is 10.4. The molecule has 0 unspecified atom stereocenters. The molecule has 1 aromatic carbocycles. The van der Waals surface area contributed by atoms with Crippen molar-refractivity contribution < 1.29 is 14.3 Å². The Labute approximate surface area is 204 Å². The number of benzene rings is 1. The number of morpholine rings is 1. The van der Waals surface area contributed by atoms with Crippen LogP contribution in [0.25, 0.3) is 21.0 Å². The molecule has 4 heterocycles. The topological polar surface area (TPSA) is 67.2 Å². The van der Waals surface area contributed by atoms with Crippen LogP contribution in [0.15, 0.2) is 29.1 Å². The molecule has 5 rings (SSSR count). The van der Waals surface area contributed by atoms with Crippen LogP contribution in [0.2, 0.25) is 0 Å². The lowest BCUT2D eigenvalue weighted by atomic mass is 10.1. The number of thiophene rings is 1. The highest BCUT2D eigenvalue weighted by molar-refractivity contribution is 7.22. The first-order valence-electron chi connectivity index (χ1n) is 11.5. The van der Waals surface area contributed by atoms with Gasteiger partial charge in [-0.25, -0.2) is 0 Å². The van der Waals surface area contributed by atoms with Crippen molar-refractivity contribution in [2.75, 3.05) is 72.7 Å². The summed E-state index contributed by atoms with van der Waals surface area (Å²) in [5, 5.41) is 1.48. The third-order valence-corrected chi connectivity index (χ3v) is 7.83. The van der Waals surface area contributed by atoms with E-state index in [-0.39, 0.29) is 18.9 Å². The molecule has 1 amide bonds. The maximum atomic E-state index is 13.6. The highest BCUT2D eigenvalue weighted by Gasteiger charge is 2.29. The Morgan fingerprint density at radius 3 is 2.50 bits per heavy atom. The molecule has 0 saturated carbocycles. The third kappa shape index (κ3) is 4.57. The van der Waals surface area contributed by atoms with Gasteiger partial charge in [0, 0.05) is 58.2 Å². The number of piperazine rings is 1. The van der Waals surface area contributed by atoms with E-state index >= 15 is 0 Å². The lowest BCUT2D eigenvalue weighted by Gasteiger charge is -2.32. The molecule has 3 aromatic rings. The minimum atomic E-state index is -0.126. The van der Waals surface area contributed by atoms with E-state index in [4.69, 9.17) is 9.47 Å². The minimum absolute atomic E-state index is 0. The van der Waals surface area contributed by atoms with Crippen molar-refractivity contribution >= 4 is 38.2 Å². The molecule has 2 aliphatic rings. The van der Waals surface area contributed by atoms with Crippen LogP contribution in [0.3, 0.4) is 0 Å². The third-order valence-electron chi connectivity index (χ3n) is 6.64. The number of amides is 1. The van der Waals surface area contributed by atoms with Crippen molar-refractivity contribution in [2.24, 2.45) is 7.05 Å². The van der Waals surface area contributed by atoms with Crippen LogP contribution in [0.1, 0.15) is 17.1 Å². The highest BCUT2D eigenvalue weighted by Crippen LogP contribution is 2.40. The van der Waals surface area contributed by atoms with E-state index in [1.54, 1.807) is 11.6 Å². The number of aryl methyl sites for hydroxylation is 1. The molecule has 0 bridgehead atoms. The van der Waals surface area contributed by atoms with Gasteiger partial charge in [-0.2, -0.15) is 0 Å². The number of hydrogen-bond donors (Lipinski definition) is 0. The lowest BCUT2D eigenvalue weighted by Crippen LogP contribution is -2.47. The number of hydrogen-bond acceptors (Lipinski definition) is 7. The van der Waals surface area contributed by atoms with Crippen molar-refractivity contribution in [2.45, 2.75) is 7.43 Å². The van der Waals surface area contributed by atoms with Crippen LogP contribution in [0, 0.1) is 0 Å². The zero-order valence-electron chi connectivity index (χ0n) is 19.2. The Balaban J connectivity index is 0.00000274. The zero-order chi connectivity index (χ0) is 22.9. The van der Waals surface area contributed by atoms with Crippen LogP contribution in [-0.4, -0.2) is 97.9 Å². The second-order valence-electron chi connectivity index (χ2n) is 8.74. The van der Waals surface area contributed by atoms with Gasteiger partial charge >= 0.3 is 0 Å². The Kier molecular flexibility index (Phi) is 7.57. The summed E-state index contributed by atoms with van der Waals surface area (Å²) in [7, 11) is 3.85. The summed E-state index contributed by atoms with van der Waals surface area (Å²) in [4.78, 5) is 33.9. The van der Waals surface area contributed by atoms with Gasteiger partial charge in [0.15, 0.2) is 5.75 Å². The second-order valence-corrected chi connectivity index (χ2v) is 9.76. The molecule has 2 aromatic heterocycles. The van der Waals surface area contributed by atoms with Crippen LogP contribution >= 0.6 is 11.3 Å². The van der Waals surface area contributed by atoms with Gasteiger partial charge in [-0.15, -0.1) is 11.3 Å². The van der Waals surface area contributed by atoms with Gasteiger partial charge in [-0.1, -0.05) is 25.6 Å². The molecule has 0 atom stereocenters. The van der Waals surface area contributed by atoms with Gasteiger partial charge in [-0.3, -0.25) is 14.5 Å². The summed E-state index contributed by atoms with van der Waals surface area (Å²) in [6.45, 7) is 7.37. The normalized spacial score (nSPS) is 17.8. The monoisotopic (exact) mass is 486 g/mol. The number of ether oxygens (including phenoxy) is 2.